The summed E-state index contributed by atoms with van der Waals surface area (Å²) < 4.78 is 5.49. The Morgan fingerprint density at radius 3 is 2.05 bits per heavy atom. The van der Waals surface area contributed by atoms with E-state index in [2.05, 4.69) is 17.6 Å². The number of hydrogen-bond donors (Lipinski definition) is 2. The monoisotopic (exact) mass is 523 g/mol. The summed E-state index contributed by atoms with van der Waals surface area (Å²) in [5.41, 5.74) is 0.914. The van der Waals surface area contributed by atoms with Gasteiger partial charge in [-0.15, -0.1) is 0 Å². The molecule has 38 heavy (non-hydrogen) atoms. The van der Waals surface area contributed by atoms with Crippen LogP contribution in [-0.4, -0.2) is 47.0 Å². The summed E-state index contributed by atoms with van der Waals surface area (Å²) in [5, 5.41) is 5.91. The first kappa shape index (κ1) is 30.9. The van der Waals surface area contributed by atoms with E-state index in [4.69, 9.17) is 4.74 Å². The van der Waals surface area contributed by atoms with Crippen molar-refractivity contribution in [2.24, 2.45) is 0 Å². The highest BCUT2D eigenvalue weighted by Crippen LogP contribution is 2.24. The fourth-order valence-corrected chi connectivity index (χ4v) is 4.33. The van der Waals surface area contributed by atoms with Gasteiger partial charge in [0.05, 0.1) is 0 Å². The first-order valence-electron chi connectivity index (χ1n) is 13.7. The molecule has 0 saturated heterocycles. The van der Waals surface area contributed by atoms with Crippen LogP contribution in [0.3, 0.4) is 0 Å². The normalized spacial score (nSPS) is 13.6. The highest BCUT2D eigenvalue weighted by Gasteiger charge is 2.36. The molecule has 208 valence electrons. The molecule has 0 aromatic heterocycles. The maximum Gasteiger partial charge on any atom is 0.408 e. The molecule has 7 nitrogen and oxygen atoms in total. The number of alkyl carbamates (subject to hydrolysis) is 1. The number of amides is 3. The van der Waals surface area contributed by atoms with Gasteiger partial charge in [0.2, 0.25) is 11.8 Å². The maximum absolute atomic E-state index is 14.3. The zero-order chi connectivity index (χ0) is 28.1. The third-order valence-electron chi connectivity index (χ3n) is 6.09. The van der Waals surface area contributed by atoms with Crippen molar-refractivity contribution in [1.29, 1.82) is 0 Å². The summed E-state index contributed by atoms with van der Waals surface area (Å²) in [6, 6.07) is 17.1. The number of rotatable bonds is 13. The number of benzene rings is 2. The minimum Gasteiger partial charge on any atom is -0.444 e. The van der Waals surface area contributed by atoms with Crippen molar-refractivity contribution in [2.45, 2.75) is 97.4 Å². The van der Waals surface area contributed by atoms with Crippen molar-refractivity contribution in [3.8, 4) is 0 Å². The van der Waals surface area contributed by atoms with Crippen molar-refractivity contribution >= 4 is 17.9 Å². The fraction of sp³-hybridized carbons (Fsp3) is 0.516. The van der Waals surface area contributed by atoms with Crippen LogP contribution in [0.5, 0.6) is 0 Å². The van der Waals surface area contributed by atoms with E-state index in [1.807, 2.05) is 74.5 Å². The third-order valence-corrected chi connectivity index (χ3v) is 6.09. The van der Waals surface area contributed by atoms with E-state index in [0.29, 0.717) is 6.54 Å². The Bertz CT molecular complexity index is 1000. The molecule has 3 atom stereocenters. The molecule has 7 heteroatoms. The van der Waals surface area contributed by atoms with E-state index in [9.17, 15) is 14.4 Å². The van der Waals surface area contributed by atoms with Gasteiger partial charge >= 0.3 is 6.09 Å². The van der Waals surface area contributed by atoms with Gasteiger partial charge in [0.25, 0.3) is 0 Å². The lowest BCUT2D eigenvalue weighted by atomic mass is 9.99. The van der Waals surface area contributed by atoms with E-state index in [1.54, 1.807) is 25.7 Å². The first-order chi connectivity index (χ1) is 18.1. The lowest BCUT2D eigenvalue weighted by Crippen LogP contribution is -2.54. The van der Waals surface area contributed by atoms with Crippen LogP contribution in [0, 0.1) is 0 Å². The molecule has 0 fully saturated rings. The summed E-state index contributed by atoms with van der Waals surface area (Å²) in [6.45, 7) is 11.8. The van der Waals surface area contributed by atoms with Gasteiger partial charge in [-0.3, -0.25) is 9.59 Å². The van der Waals surface area contributed by atoms with Gasteiger partial charge in [-0.05, 0) is 51.7 Å². The Morgan fingerprint density at radius 1 is 0.895 bits per heavy atom. The molecule has 3 amide bonds. The van der Waals surface area contributed by atoms with Gasteiger partial charge in [0.1, 0.15) is 17.7 Å². The molecule has 2 rings (SSSR count). The van der Waals surface area contributed by atoms with Crippen LogP contribution in [-0.2, 0) is 20.7 Å². The largest absolute Gasteiger partial charge is 0.444 e. The molecular formula is C31H45N3O4. The molecule has 0 spiro atoms. The van der Waals surface area contributed by atoms with E-state index >= 15 is 0 Å². The van der Waals surface area contributed by atoms with E-state index in [-0.39, 0.29) is 24.3 Å². The fourth-order valence-electron chi connectivity index (χ4n) is 4.33. The van der Waals surface area contributed by atoms with Crippen molar-refractivity contribution < 1.29 is 19.1 Å². The number of nitrogens with one attached hydrogen (secondary N) is 2. The lowest BCUT2D eigenvalue weighted by molar-refractivity contribution is -0.142. The standard InChI is InChI=1S/C31H45N3O4/c1-7-9-21-34(27(25-19-14-11-15-20-25)28(35)32-23(3)16-8-2)29(36)26(22-24-17-12-10-13-18-24)33-30(37)38-31(4,5)6/h10-15,17-20,23,26-27H,7-9,16,21-22H2,1-6H3,(H,32,35)(H,33,37). The SMILES string of the molecule is CCCCN(C(=O)C(Cc1ccccc1)NC(=O)OC(C)(C)C)C(C(=O)NC(C)CCC)c1ccccc1. The van der Waals surface area contributed by atoms with Crippen LogP contribution < -0.4 is 10.6 Å². The van der Waals surface area contributed by atoms with Gasteiger partial charge in [0.15, 0.2) is 0 Å². The van der Waals surface area contributed by atoms with Gasteiger partial charge < -0.3 is 20.3 Å². The number of ether oxygens (including phenoxy) is 1. The van der Waals surface area contributed by atoms with Crippen LogP contribution in [0.1, 0.15) is 84.4 Å². The maximum atomic E-state index is 14.3. The minimum atomic E-state index is -0.906. The van der Waals surface area contributed by atoms with E-state index in [0.717, 1.165) is 36.8 Å². The zero-order valence-corrected chi connectivity index (χ0v) is 23.8. The third kappa shape index (κ3) is 10.2. The second-order valence-electron chi connectivity index (χ2n) is 10.8. The quantitative estimate of drug-likeness (QED) is 0.347. The Kier molecular flexibility index (Phi) is 12.3. The topological polar surface area (TPSA) is 87.7 Å². The van der Waals surface area contributed by atoms with Gasteiger partial charge in [0, 0.05) is 19.0 Å². The summed E-state index contributed by atoms with van der Waals surface area (Å²) in [6.07, 6.45) is 2.96. The summed E-state index contributed by atoms with van der Waals surface area (Å²) in [7, 11) is 0. The second-order valence-corrected chi connectivity index (χ2v) is 10.8. The number of unbranched alkanes of at least 4 members (excludes halogenated alkanes) is 1. The molecular weight excluding hydrogens is 478 g/mol. The molecule has 0 saturated carbocycles. The van der Waals surface area contributed by atoms with Crippen molar-refractivity contribution in [2.75, 3.05) is 6.54 Å². The van der Waals surface area contributed by atoms with E-state index in [1.165, 1.54) is 0 Å². The molecule has 0 radical (unpaired) electrons. The average Bonchev–Trinajstić information content (AvgIpc) is 2.85. The summed E-state index contributed by atoms with van der Waals surface area (Å²) in [5.74, 6) is -0.544. The average molecular weight is 524 g/mol. The smallest absolute Gasteiger partial charge is 0.408 e. The predicted octanol–water partition coefficient (Wildman–Crippen LogP) is 5.80. The van der Waals surface area contributed by atoms with Gasteiger partial charge in [-0.25, -0.2) is 4.79 Å². The number of carbonyl (C=O) groups is 3. The molecule has 0 aliphatic heterocycles. The van der Waals surface area contributed by atoms with Gasteiger partial charge in [-0.2, -0.15) is 0 Å². The van der Waals surface area contributed by atoms with Crippen molar-refractivity contribution in [3.05, 3.63) is 71.8 Å². The minimum absolute atomic E-state index is 0.0261. The van der Waals surface area contributed by atoms with Crippen LogP contribution in [0.2, 0.25) is 0 Å². The van der Waals surface area contributed by atoms with Crippen LogP contribution in [0.4, 0.5) is 4.79 Å². The van der Waals surface area contributed by atoms with E-state index < -0.39 is 23.8 Å². The molecule has 0 bridgehead atoms. The molecule has 0 aliphatic rings. The Hall–Kier alpha value is -3.35. The molecule has 2 aromatic rings. The molecule has 2 aromatic carbocycles. The van der Waals surface area contributed by atoms with Gasteiger partial charge in [-0.1, -0.05) is 87.4 Å². The number of hydrogen-bond acceptors (Lipinski definition) is 4. The number of nitrogens with zero attached hydrogens (tertiary/aromatic N) is 1. The molecule has 0 aliphatic carbocycles. The van der Waals surface area contributed by atoms with Crippen LogP contribution in [0.15, 0.2) is 60.7 Å². The zero-order valence-electron chi connectivity index (χ0n) is 23.8. The molecule has 2 N–H and O–H groups in total. The molecule has 0 heterocycles. The Morgan fingerprint density at radius 2 is 1.50 bits per heavy atom. The molecule has 3 unspecified atom stereocenters. The summed E-state index contributed by atoms with van der Waals surface area (Å²) in [4.78, 5) is 42.4. The predicted molar refractivity (Wildman–Crippen MR) is 152 cm³/mol. The number of carbonyl (C=O) groups excluding carboxylic acids is 3. The Balaban J connectivity index is 2.49. The second kappa shape index (κ2) is 15.2. The van der Waals surface area contributed by atoms with Crippen molar-refractivity contribution in [1.82, 2.24) is 15.5 Å². The lowest BCUT2D eigenvalue weighted by Gasteiger charge is -2.35. The highest BCUT2D eigenvalue weighted by molar-refractivity contribution is 5.92. The van der Waals surface area contributed by atoms with Crippen LogP contribution >= 0.6 is 0 Å². The first-order valence-corrected chi connectivity index (χ1v) is 13.7. The van der Waals surface area contributed by atoms with Crippen LogP contribution in [0.25, 0.3) is 0 Å². The highest BCUT2D eigenvalue weighted by atomic mass is 16.6. The van der Waals surface area contributed by atoms with Crippen molar-refractivity contribution in [3.63, 3.8) is 0 Å². The Labute approximate surface area is 228 Å². The summed E-state index contributed by atoms with van der Waals surface area (Å²) >= 11 is 0.